The van der Waals surface area contributed by atoms with Gasteiger partial charge in [-0.3, -0.25) is 9.78 Å². The summed E-state index contributed by atoms with van der Waals surface area (Å²) in [5.41, 5.74) is 1.52. The summed E-state index contributed by atoms with van der Waals surface area (Å²) in [6, 6.07) is 7.18. The molecule has 0 unspecified atom stereocenters. The average Bonchev–Trinajstić information content (AvgIpc) is 2.61. The van der Waals surface area contributed by atoms with Gasteiger partial charge in [0.2, 0.25) is 5.91 Å². The molecule has 5 nitrogen and oxygen atoms in total. The standard InChI is InChI=1S/C18H25N3O2S/c1-3-21(4-2)10-11-24-13-17(23)20-12-14-7-8-16(22)18-15(14)6-5-9-19-18/h5-9,22H,3-4,10-13H2,1-2H3,(H,20,23). The van der Waals surface area contributed by atoms with Crippen molar-refractivity contribution in [1.82, 2.24) is 15.2 Å². The molecule has 2 rings (SSSR count). The molecule has 0 radical (unpaired) electrons. The van der Waals surface area contributed by atoms with Gasteiger partial charge in [-0.1, -0.05) is 26.0 Å². The molecule has 1 amide bonds. The molecule has 0 bridgehead atoms. The van der Waals surface area contributed by atoms with Crippen LogP contribution in [0.1, 0.15) is 19.4 Å². The number of amides is 1. The summed E-state index contributed by atoms with van der Waals surface area (Å²) in [7, 11) is 0. The second-order valence-corrected chi connectivity index (χ2v) is 6.60. The summed E-state index contributed by atoms with van der Waals surface area (Å²) in [5, 5.41) is 13.7. The van der Waals surface area contributed by atoms with Crippen LogP contribution in [0.2, 0.25) is 0 Å². The van der Waals surface area contributed by atoms with Crippen LogP contribution in [0.5, 0.6) is 5.75 Å². The minimum absolute atomic E-state index is 0.0321. The van der Waals surface area contributed by atoms with Crippen molar-refractivity contribution in [3.05, 3.63) is 36.0 Å². The van der Waals surface area contributed by atoms with Crippen molar-refractivity contribution in [3.63, 3.8) is 0 Å². The lowest BCUT2D eigenvalue weighted by atomic mass is 10.1. The number of aromatic nitrogens is 1. The Labute approximate surface area is 147 Å². The molecule has 0 spiro atoms. The van der Waals surface area contributed by atoms with Gasteiger partial charge in [0, 0.05) is 30.4 Å². The molecule has 1 heterocycles. The number of nitrogens with one attached hydrogen (secondary N) is 1. The first-order valence-corrected chi connectivity index (χ1v) is 9.43. The van der Waals surface area contributed by atoms with E-state index in [-0.39, 0.29) is 11.7 Å². The molecular formula is C18H25N3O2S. The number of hydrogen-bond acceptors (Lipinski definition) is 5. The molecule has 2 N–H and O–H groups in total. The highest BCUT2D eigenvalue weighted by Crippen LogP contribution is 2.25. The minimum Gasteiger partial charge on any atom is -0.506 e. The summed E-state index contributed by atoms with van der Waals surface area (Å²) in [6.07, 6.45) is 1.65. The molecule has 0 aliphatic rings. The molecule has 0 saturated carbocycles. The van der Waals surface area contributed by atoms with E-state index in [4.69, 9.17) is 0 Å². The summed E-state index contributed by atoms with van der Waals surface area (Å²) in [4.78, 5) is 18.5. The number of phenolic OH excluding ortho intramolecular Hbond substituents is 1. The molecular weight excluding hydrogens is 322 g/mol. The zero-order chi connectivity index (χ0) is 17.4. The summed E-state index contributed by atoms with van der Waals surface area (Å²) in [5.74, 6) is 1.62. The molecule has 0 fully saturated rings. The summed E-state index contributed by atoms with van der Waals surface area (Å²) in [6.45, 7) is 7.85. The number of rotatable bonds is 9. The van der Waals surface area contributed by atoms with Gasteiger partial charge < -0.3 is 15.3 Å². The molecule has 0 aliphatic carbocycles. The number of hydrogen-bond donors (Lipinski definition) is 2. The Bertz CT molecular complexity index is 674. The van der Waals surface area contributed by atoms with E-state index < -0.39 is 0 Å². The number of aromatic hydroxyl groups is 1. The van der Waals surface area contributed by atoms with Crippen LogP contribution < -0.4 is 5.32 Å². The average molecular weight is 347 g/mol. The third-order valence-corrected chi connectivity index (χ3v) is 4.93. The van der Waals surface area contributed by atoms with Crippen LogP contribution in [-0.2, 0) is 11.3 Å². The largest absolute Gasteiger partial charge is 0.506 e. The van der Waals surface area contributed by atoms with Crippen LogP contribution in [0, 0.1) is 0 Å². The van der Waals surface area contributed by atoms with Crippen molar-refractivity contribution in [2.45, 2.75) is 20.4 Å². The van der Waals surface area contributed by atoms with Crippen molar-refractivity contribution >= 4 is 28.6 Å². The molecule has 130 valence electrons. The van der Waals surface area contributed by atoms with E-state index in [1.54, 1.807) is 24.0 Å². The van der Waals surface area contributed by atoms with Crippen molar-refractivity contribution in [2.75, 3.05) is 31.1 Å². The zero-order valence-electron chi connectivity index (χ0n) is 14.3. The maximum Gasteiger partial charge on any atom is 0.230 e. The van der Waals surface area contributed by atoms with Gasteiger partial charge in [0.05, 0.1) is 5.75 Å². The number of carbonyl (C=O) groups excluding carboxylic acids is 1. The molecule has 1 aromatic heterocycles. The molecule has 24 heavy (non-hydrogen) atoms. The fourth-order valence-corrected chi connectivity index (χ4v) is 3.33. The normalized spacial score (nSPS) is 11.1. The third kappa shape index (κ3) is 5.11. The lowest BCUT2D eigenvalue weighted by molar-refractivity contribution is -0.118. The minimum atomic E-state index is 0.0321. The highest BCUT2D eigenvalue weighted by molar-refractivity contribution is 7.99. The van der Waals surface area contributed by atoms with Crippen molar-refractivity contribution in [1.29, 1.82) is 0 Å². The molecule has 1 aromatic carbocycles. The van der Waals surface area contributed by atoms with E-state index >= 15 is 0 Å². The van der Waals surface area contributed by atoms with E-state index in [0.717, 1.165) is 36.3 Å². The Morgan fingerprint density at radius 3 is 2.83 bits per heavy atom. The fourth-order valence-electron chi connectivity index (χ4n) is 2.51. The van der Waals surface area contributed by atoms with E-state index in [1.165, 1.54) is 0 Å². The van der Waals surface area contributed by atoms with Gasteiger partial charge in [0.15, 0.2) is 0 Å². The lowest BCUT2D eigenvalue weighted by Crippen LogP contribution is -2.27. The smallest absolute Gasteiger partial charge is 0.230 e. The Morgan fingerprint density at radius 2 is 2.08 bits per heavy atom. The van der Waals surface area contributed by atoms with Gasteiger partial charge in [0.1, 0.15) is 11.3 Å². The Kier molecular flexibility index (Phi) is 7.34. The molecule has 0 saturated heterocycles. The van der Waals surface area contributed by atoms with Gasteiger partial charge in [0.25, 0.3) is 0 Å². The molecule has 0 aliphatic heterocycles. The summed E-state index contributed by atoms with van der Waals surface area (Å²) >= 11 is 1.66. The number of fused-ring (bicyclic) bond motifs is 1. The van der Waals surface area contributed by atoms with Crippen LogP contribution >= 0.6 is 11.8 Å². The van der Waals surface area contributed by atoms with Gasteiger partial charge in [-0.2, -0.15) is 11.8 Å². The lowest BCUT2D eigenvalue weighted by Gasteiger charge is -2.17. The predicted molar refractivity (Wildman–Crippen MR) is 100 cm³/mol. The highest BCUT2D eigenvalue weighted by Gasteiger charge is 2.08. The third-order valence-electron chi connectivity index (χ3n) is 3.99. The quantitative estimate of drug-likeness (QED) is 0.683. The van der Waals surface area contributed by atoms with Crippen molar-refractivity contribution in [3.8, 4) is 5.75 Å². The second-order valence-electron chi connectivity index (χ2n) is 5.50. The highest BCUT2D eigenvalue weighted by atomic mass is 32.2. The van der Waals surface area contributed by atoms with Crippen LogP contribution in [0.15, 0.2) is 30.5 Å². The predicted octanol–water partition coefficient (Wildman–Crippen LogP) is 2.63. The first-order valence-electron chi connectivity index (χ1n) is 8.28. The van der Waals surface area contributed by atoms with Gasteiger partial charge in [-0.25, -0.2) is 0 Å². The first kappa shape index (κ1) is 18.5. The maximum atomic E-state index is 12.0. The van der Waals surface area contributed by atoms with E-state index in [2.05, 4.69) is 29.0 Å². The van der Waals surface area contributed by atoms with E-state index in [1.807, 2.05) is 18.2 Å². The van der Waals surface area contributed by atoms with Crippen LogP contribution in [-0.4, -0.2) is 52.0 Å². The number of carbonyl (C=O) groups is 1. The van der Waals surface area contributed by atoms with Crippen molar-refractivity contribution in [2.24, 2.45) is 0 Å². The maximum absolute atomic E-state index is 12.0. The summed E-state index contributed by atoms with van der Waals surface area (Å²) < 4.78 is 0. The van der Waals surface area contributed by atoms with Crippen LogP contribution in [0.4, 0.5) is 0 Å². The van der Waals surface area contributed by atoms with Crippen molar-refractivity contribution < 1.29 is 9.90 Å². The van der Waals surface area contributed by atoms with Crippen LogP contribution in [0.3, 0.4) is 0 Å². The first-order chi connectivity index (χ1) is 11.7. The fraction of sp³-hybridized carbons (Fsp3) is 0.444. The van der Waals surface area contributed by atoms with Crippen LogP contribution in [0.25, 0.3) is 10.9 Å². The topological polar surface area (TPSA) is 65.5 Å². The number of thioether (sulfide) groups is 1. The molecule has 6 heteroatoms. The van der Waals surface area contributed by atoms with Gasteiger partial charge >= 0.3 is 0 Å². The second kappa shape index (κ2) is 9.49. The zero-order valence-corrected chi connectivity index (χ0v) is 15.1. The molecule has 2 aromatic rings. The number of pyridine rings is 1. The monoisotopic (exact) mass is 347 g/mol. The van der Waals surface area contributed by atoms with E-state index in [9.17, 15) is 9.90 Å². The Morgan fingerprint density at radius 1 is 1.29 bits per heavy atom. The number of phenols is 1. The SMILES string of the molecule is CCN(CC)CCSCC(=O)NCc1ccc(O)c2ncccc12. The number of nitrogens with zero attached hydrogens (tertiary/aromatic N) is 2. The Balaban J connectivity index is 1.81. The number of benzene rings is 1. The molecule has 0 atom stereocenters. The van der Waals surface area contributed by atoms with Gasteiger partial charge in [-0.15, -0.1) is 0 Å². The Hall–Kier alpha value is -1.79. The van der Waals surface area contributed by atoms with E-state index in [0.29, 0.717) is 17.8 Å². The van der Waals surface area contributed by atoms with Gasteiger partial charge in [-0.05, 0) is 30.8 Å².